The Morgan fingerprint density at radius 3 is 2.28 bits per heavy atom. The molecule has 0 aliphatic rings. The largest absolute Gasteiger partial charge is 0.467 e. The lowest BCUT2D eigenvalue weighted by atomic mass is 10.0. The molecule has 0 aliphatic heterocycles. The SMILES string of the molecule is COC(=O)[C@H](Cc1ccc(C(=O)OC(C)(C)C)cc1)NC(=O)Cc1cccc([N+](=O)[O-])c1. The van der Waals surface area contributed by atoms with E-state index < -0.39 is 34.4 Å². The van der Waals surface area contributed by atoms with Crippen LogP contribution in [-0.4, -0.2) is 41.5 Å². The Morgan fingerprint density at radius 2 is 1.72 bits per heavy atom. The molecule has 0 radical (unpaired) electrons. The molecule has 0 saturated carbocycles. The van der Waals surface area contributed by atoms with Gasteiger partial charge in [0.05, 0.1) is 24.0 Å². The summed E-state index contributed by atoms with van der Waals surface area (Å²) in [5.41, 5.74) is 0.776. The summed E-state index contributed by atoms with van der Waals surface area (Å²) in [6, 6.07) is 11.3. The summed E-state index contributed by atoms with van der Waals surface area (Å²) < 4.78 is 10.1. The lowest BCUT2D eigenvalue weighted by Gasteiger charge is -2.20. The zero-order valence-electron chi connectivity index (χ0n) is 18.4. The molecule has 1 N–H and O–H groups in total. The highest BCUT2D eigenvalue weighted by molar-refractivity contribution is 5.90. The van der Waals surface area contributed by atoms with E-state index in [9.17, 15) is 24.5 Å². The molecule has 9 nitrogen and oxygen atoms in total. The number of rotatable bonds is 8. The normalized spacial score (nSPS) is 11.9. The fourth-order valence-corrected chi connectivity index (χ4v) is 2.90. The van der Waals surface area contributed by atoms with Crippen LogP contribution in [0, 0.1) is 10.1 Å². The first-order valence-corrected chi connectivity index (χ1v) is 9.91. The maximum Gasteiger partial charge on any atom is 0.338 e. The Bertz CT molecular complexity index is 994. The molecule has 0 unspecified atom stereocenters. The lowest BCUT2D eigenvalue weighted by Crippen LogP contribution is -2.43. The van der Waals surface area contributed by atoms with E-state index in [1.54, 1.807) is 51.1 Å². The van der Waals surface area contributed by atoms with Crippen LogP contribution in [-0.2, 0) is 31.9 Å². The maximum atomic E-state index is 12.4. The van der Waals surface area contributed by atoms with Crippen molar-refractivity contribution >= 4 is 23.5 Å². The molecule has 0 heterocycles. The fraction of sp³-hybridized carbons (Fsp3) is 0.348. The number of nitro groups is 1. The van der Waals surface area contributed by atoms with E-state index in [4.69, 9.17) is 9.47 Å². The molecule has 0 aliphatic carbocycles. The second kappa shape index (κ2) is 10.5. The van der Waals surface area contributed by atoms with Crippen molar-refractivity contribution in [3.05, 3.63) is 75.3 Å². The van der Waals surface area contributed by atoms with Crippen LogP contribution in [0.4, 0.5) is 5.69 Å². The number of esters is 2. The van der Waals surface area contributed by atoms with Crippen molar-refractivity contribution < 1.29 is 28.8 Å². The number of non-ortho nitro benzene ring substituents is 1. The quantitative estimate of drug-likeness (QED) is 0.378. The van der Waals surface area contributed by atoms with E-state index in [1.165, 1.54) is 25.3 Å². The molecule has 2 aromatic carbocycles. The van der Waals surface area contributed by atoms with E-state index >= 15 is 0 Å². The number of carbonyl (C=O) groups excluding carboxylic acids is 3. The Labute approximate surface area is 185 Å². The number of carbonyl (C=O) groups is 3. The van der Waals surface area contributed by atoms with E-state index in [-0.39, 0.29) is 18.5 Å². The van der Waals surface area contributed by atoms with Crippen molar-refractivity contribution in [3.8, 4) is 0 Å². The molecule has 9 heteroatoms. The highest BCUT2D eigenvalue weighted by Crippen LogP contribution is 2.15. The first-order chi connectivity index (χ1) is 15.0. The fourth-order valence-electron chi connectivity index (χ4n) is 2.90. The van der Waals surface area contributed by atoms with Gasteiger partial charge in [-0.25, -0.2) is 9.59 Å². The van der Waals surface area contributed by atoms with Crippen LogP contribution in [0.2, 0.25) is 0 Å². The van der Waals surface area contributed by atoms with Gasteiger partial charge in [0, 0.05) is 18.6 Å². The number of hydrogen-bond acceptors (Lipinski definition) is 7. The molecule has 1 amide bonds. The van der Waals surface area contributed by atoms with E-state index in [0.29, 0.717) is 16.7 Å². The summed E-state index contributed by atoms with van der Waals surface area (Å²) in [7, 11) is 1.22. The van der Waals surface area contributed by atoms with Crippen molar-refractivity contribution in [2.75, 3.05) is 7.11 Å². The van der Waals surface area contributed by atoms with Gasteiger partial charge >= 0.3 is 11.9 Å². The summed E-state index contributed by atoms with van der Waals surface area (Å²) in [6.45, 7) is 5.32. The highest BCUT2D eigenvalue weighted by atomic mass is 16.6. The van der Waals surface area contributed by atoms with Gasteiger partial charge in [0.25, 0.3) is 5.69 Å². The van der Waals surface area contributed by atoms with Crippen molar-refractivity contribution in [3.63, 3.8) is 0 Å². The van der Waals surface area contributed by atoms with Gasteiger partial charge in [-0.1, -0.05) is 24.3 Å². The van der Waals surface area contributed by atoms with Crippen LogP contribution in [0.1, 0.15) is 42.3 Å². The molecule has 2 rings (SSSR count). The molecule has 2 aromatic rings. The van der Waals surface area contributed by atoms with E-state index in [2.05, 4.69) is 5.32 Å². The minimum Gasteiger partial charge on any atom is -0.467 e. The first kappa shape index (κ1) is 24.5. The topological polar surface area (TPSA) is 125 Å². The molecule has 0 bridgehead atoms. The predicted molar refractivity (Wildman–Crippen MR) is 116 cm³/mol. The molecule has 0 spiro atoms. The van der Waals surface area contributed by atoms with Gasteiger partial charge in [-0.3, -0.25) is 14.9 Å². The van der Waals surface area contributed by atoms with Crippen LogP contribution in [0.15, 0.2) is 48.5 Å². The summed E-state index contributed by atoms with van der Waals surface area (Å²) in [5, 5.41) is 13.5. The van der Waals surface area contributed by atoms with Gasteiger partial charge in [-0.2, -0.15) is 0 Å². The Kier molecular flexibility index (Phi) is 8.06. The molecule has 0 saturated heterocycles. The maximum absolute atomic E-state index is 12.4. The first-order valence-electron chi connectivity index (χ1n) is 9.91. The second-order valence-electron chi connectivity index (χ2n) is 8.15. The molecule has 0 aromatic heterocycles. The minimum atomic E-state index is -0.960. The average molecular weight is 442 g/mol. The van der Waals surface area contributed by atoms with Crippen molar-refractivity contribution in [1.82, 2.24) is 5.32 Å². The number of nitro benzene ring substituents is 1. The van der Waals surface area contributed by atoms with Gasteiger partial charge in [-0.15, -0.1) is 0 Å². The van der Waals surface area contributed by atoms with Gasteiger partial charge in [0.1, 0.15) is 11.6 Å². The second-order valence-corrected chi connectivity index (χ2v) is 8.15. The Hall–Kier alpha value is -3.75. The standard InChI is InChI=1S/C23H26N2O7/c1-23(2,3)32-21(27)17-10-8-15(9-11-17)13-19(22(28)31-4)24-20(26)14-16-6-5-7-18(12-16)25(29)30/h5-12,19H,13-14H2,1-4H3,(H,24,26)/t19-/m0/s1. The molecule has 170 valence electrons. The van der Waals surface area contributed by atoms with E-state index in [1.807, 2.05) is 0 Å². The number of methoxy groups -OCH3 is 1. The molecular formula is C23H26N2O7. The number of amides is 1. The monoisotopic (exact) mass is 442 g/mol. The van der Waals surface area contributed by atoms with Crippen molar-refractivity contribution in [2.45, 2.75) is 45.3 Å². The minimum absolute atomic E-state index is 0.120. The lowest BCUT2D eigenvalue weighted by molar-refractivity contribution is -0.384. The van der Waals surface area contributed by atoms with Crippen LogP contribution in [0.25, 0.3) is 0 Å². The Morgan fingerprint density at radius 1 is 1.06 bits per heavy atom. The highest BCUT2D eigenvalue weighted by Gasteiger charge is 2.23. The number of ether oxygens (including phenoxy) is 2. The molecular weight excluding hydrogens is 416 g/mol. The van der Waals surface area contributed by atoms with Gasteiger partial charge < -0.3 is 14.8 Å². The van der Waals surface area contributed by atoms with Gasteiger partial charge in [0.2, 0.25) is 5.91 Å². The smallest absolute Gasteiger partial charge is 0.338 e. The molecule has 1 atom stereocenters. The number of hydrogen-bond donors (Lipinski definition) is 1. The van der Waals surface area contributed by atoms with Crippen molar-refractivity contribution in [1.29, 1.82) is 0 Å². The molecule has 32 heavy (non-hydrogen) atoms. The van der Waals surface area contributed by atoms with Crippen LogP contribution < -0.4 is 5.32 Å². The summed E-state index contributed by atoms with van der Waals surface area (Å²) in [6.07, 6.45) is 0.00864. The number of nitrogens with one attached hydrogen (secondary N) is 1. The van der Waals surface area contributed by atoms with E-state index in [0.717, 1.165) is 0 Å². The van der Waals surface area contributed by atoms with Gasteiger partial charge in [-0.05, 0) is 44.0 Å². The summed E-state index contributed by atoms with van der Waals surface area (Å²) in [4.78, 5) is 47.1. The van der Waals surface area contributed by atoms with Gasteiger partial charge in [0.15, 0.2) is 0 Å². The zero-order chi connectivity index (χ0) is 23.9. The average Bonchev–Trinajstić information content (AvgIpc) is 2.72. The van der Waals surface area contributed by atoms with Crippen LogP contribution >= 0.6 is 0 Å². The van der Waals surface area contributed by atoms with Crippen LogP contribution in [0.3, 0.4) is 0 Å². The number of benzene rings is 2. The predicted octanol–water partition coefficient (Wildman–Crippen LogP) is 2.99. The summed E-state index contributed by atoms with van der Waals surface area (Å²) >= 11 is 0. The number of nitrogens with zero attached hydrogens (tertiary/aromatic N) is 1. The third kappa shape index (κ3) is 7.50. The van der Waals surface area contributed by atoms with Crippen molar-refractivity contribution in [2.24, 2.45) is 0 Å². The third-order valence-electron chi connectivity index (χ3n) is 4.34. The summed E-state index contributed by atoms with van der Waals surface area (Å²) in [5.74, 6) is -1.57. The Balaban J connectivity index is 2.06. The van der Waals surface area contributed by atoms with Crippen LogP contribution in [0.5, 0.6) is 0 Å². The molecule has 0 fully saturated rings. The third-order valence-corrected chi connectivity index (χ3v) is 4.34. The zero-order valence-corrected chi connectivity index (χ0v) is 18.4.